The minimum Gasteiger partial charge on any atom is -0.337 e. The average molecular weight is 307 g/mol. The van der Waals surface area contributed by atoms with Crippen LogP contribution in [0.5, 0.6) is 0 Å². The molecule has 2 aromatic heterocycles. The minimum absolute atomic E-state index is 0.0166. The zero-order valence-corrected chi connectivity index (χ0v) is 13.8. The molecule has 0 unspecified atom stereocenters. The number of hydrogen-bond acceptors (Lipinski definition) is 4. The molecular formula is C18H21N5. The van der Waals surface area contributed by atoms with E-state index in [4.69, 9.17) is 4.98 Å². The molecule has 1 fully saturated rings. The van der Waals surface area contributed by atoms with Crippen LogP contribution in [0.1, 0.15) is 32.6 Å². The zero-order chi connectivity index (χ0) is 16.0. The third-order valence-corrected chi connectivity index (χ3v) is 4.33. The molecule has 1 aliphatic heterocycles. The number of fused-ring (bicyclic) bond motifs is 1. The molecule has 0 atom stereocenters. The quantitative estimate of drug-likeness (QED) is 0.729. The maximum Gasteiger partial charge on any atom is 0.225 e. The summed E-state index contributed by atoms with van der Waals surface area (Å²) in [6, 6.07) is 10.7. The molecule has 5 heteroatoms. The molecule has 1 aliphatic rings. The highest BCUT2D eigenvalue weighted by Gasteiger charge is 2.35. The Kier molecular flexibility index (Phi) is 3.11. The van der Waals surface area contributed by atoms with Gasteiger partial charge in [0, 0.05) is 30.9 Å². The van der Waals surface area contributed by atoms with Crippen molar-refractivity contribution in [2.75, 3.05) is 18.0 Å². The normalized spacial score (nSPS) is 15.9. The van der Waals surface area contributed by atoms with Crippen molar-refractivity contribution >= 4 is 17.0 Å². The fourth-order valence-corrected chi connectivity index (χ4v) is 3.18. The van der Waals surface area contributed by atoms with Crippen LogP contribution < -0.4 is 4.90 Å². The summed E-state index contributed by atoms with van der Waals surface area (Å²) in [6.07, 6.45) is 3.59. The number of para-hydroxylation sites is 2. The Morgan fingerprint density at radius 3 is 2.39 bits per heavy atom. The highest BCUT2D eigenvalue weighted by Crippen LogP contribution is 2.34. The fourth-order valence-electron chi connectivity index (χ4n) is 3.18. The molecule has 0 amide bonds. The van der Waals surface area contributed by atoms with Gasteiger partial charge in [-0.2, -0.15) is 0 Å². The molecule has 4 rings (SSSR count). The molecule has 118 valence electrons. The van der Waals surface area contributed by atoms with E-state index < -0.39 is 0 Å². The Labute approximate surface area is 136 Å². The number of anilines is 1. The van der Waals surface area contributed by atoms with E-state index in [1.165, 1.54) is 5.52 Å². The van der Waals surface area contributed by atoms with Gasteiger partial charge in [0.15, 0.2) is 0 Å². The van der Waals surface area contributed by atoms with E-state index >= 15 is 0 Å². The molecule has 3 heterocycles. The van der Waals surface area contributed by atoms with Crippen LogP contribution in [0.15, 0.2) is 42.7 Å². The van der Waals surface area contributed by atoms with E-state index in [-0.39, 0.29) is 5.41 Å². The van der Waals surface area contributed by atoms with Crippen molar-refractivity contribution in [3.05, 3.63) is 48.5 Å². The first-order chi connectivity index (χ1) is 11.0. The topological polar surface area (TPSA) is 46.8 Å². The summed E-state index contributed by atoms with van der Waals surface area (Å²) < 4.78 is 2.41. The predicted molar refractivity (Wildman–Crippen MR) is 91.7 cm³/mol. The molecule has 0 N–H and O–H groups in total. The molecule has 3 aromatic rings. The summed E-state index contributed by atoms with van der Waals surface area (Å²) in [6.45, 7) is 8.52. The Bertz CT molecular complexity index is 825. The molecule has 23 heavy (non-hydrogen) atoms. The summed E-state index contributed by atoms with van der Waals surface area (Å²) in [5.41, 5.74) is 2.31. The van der Waals surface area contributed by atoms with Crippen LogP contribution in [0.2, 0.25) is 0 Å². The van der Waals surface area contributed by atoms with E-state index in [0.29, 0.717) is 6.04 Å². The van der Waals surface area contributed by atoms with Crippen LogP contribution in [0, 0.1) is 0 Å². The van der Waals surface area contributed by atoms with Crippen LogP contribution in [-0.4, -0.2) is 32.6 Å². The first-order valence-corrected chi connectivity index (χ1v) is 8.03. The lowest BCUT2D eigenvalue weighted by Crippen LogP contribution is -2.49. The molecule has 0 bridgehead atoms. The summed E-state index contributed by atoms with van der Waals surface area (Å²) in [5.74, 6) is 1.96. The third kappa shape index (κ3) is 2.36. The molecular weight excluding hydrogens is 286 g/mol. The SMILES string of the molecule is CC(C)(C)c1nc2ccccc2n1C1CN(c2ncccn2)C1. The first-order valence-electron chi connectivity index (χ1n) is 8.03. The maximum absolute atomic E-state index is 4.90. The lowest BCUT2D eigenvalue weighted by Gasteiger charge is -2.41. The van der Waals surface area contributed by atoms with Gasteiger partial charge in [-0.1, -0.05) is 32.9 Å². The second kappa shape index (κ2) is 5.05. The summed E-state index contributed by atoms with van der Waals surface area (Å²) in [7, 11) is 0. The number of nitrogens with zero attached hydrogens (tertiary/aromatic N) is 5. The molecule has 0 radical (unpaired) electrons. The molecule has 1 aromatic carbocycles. The summed E-state index contributed by atoms with van der Waals surface area (Å²) in [5, 5.41) is 0. The fraction of sp³-hybridized carbons (Fsp3) is 0.389. The van der Waals surface area contributed by atoms with Crippen molar-refractivity contribution < 1.29 is 0 Å². The van der Waals surface area contributed by atoms with Crippen LogP contribution in [0.25, 0.3) is 11.0 Å². The smallest absolute Gasteiger partial charge is 0.225 e. The van der Waals surface area contributed by atoms with E-state index in [1.807, 2.05) is 6.07 Å². The minimum atomic E-state index is 0.0166. The van der Waals surface area contributed by atoms with Gasteiger partial charge < -0.3 is 9.47 Å². The van der Waals surface area contributed by atoms with E-state index in [1.54, 1.807) is 12.4 Å². The van der Waals surface area contributed by atoms with Crippen molar-refractivity contribution in [1.29, 1.82) is 0 Å². The van der Waals surface area contributed by atoms with E-state index in [0.717, 1.165) is 30.4 Å². The summed E-state index contributed by atoms with van der Waals surface area (Å²) in [4.78, 5) is 15.8. The monoisotopic (exact) mass is 307 g/mol. The van der Waals surface area contributed by atoms with Crippen LogP contribution >= 0.6 is 0 Å². The lowest BCUT2D eigenvalue weighted by molar-refractivity contribution is 0.369. The van der Waals surface area contributed by atoms with Crippen molar-refractivity contribution in [1.82, 2.24) is 19.5 Å². The van der Waals surface area contributed by atoms with Crippen molar-refractivity contribution in [3.63, 3.8) is 0 Å². The number of benzene rings is 1. The predicted octanol–water partition coefficient (Wildman–Crippen LogP) is 3.19. The number of rotatable bonds is 2. The third-order valence-electron chi connectivity index (χ3n) is 4.33. The van der Waals surface area contributed by atoms with Gasteiger partial charge in [0.25, 0.3) is 0 Å². The largest absolute Gasteiger partial charge is 0.337 e. The van der Waals surface area contributed by atoms with Crippen LogP contribution in [-0.2, 0) is 5.41 Å². The maximum atomic E-state index is 4.90. The number of hydrogen-bond donors (Lipinski definition) is 0. The van der Waals surface area contributed by atoms with Crippen molar-refractivity contribution in [2.45, 2.75) is 32.2 Å². The van der Waals surface area contributed by atoms with Gasteiger partial charge in [0.2, 0.25) is 5.95 Å². The molecule has 5 nitrogen and oxygen atoms in total. The highest BCUT2D eigenvalue weighted by molar-refractivity contribution is 5.76. The van der Waals surface area contributed by atoms with Gasteiger partial charge in [-0.15, -0.1) is 0 Å². The van der Waals surface area contributed by atoms with Gasteiger partial charge in [-0.25, -0.2) is 15.0 Å². The van der Waals surface area contributed by atoms with Crippen LogP contribution in [0.4, 0.5) is 5.95 Å². The average Bonchev–Trinajstić information content (AvgIpc) is 2.87. The zero-order valence-electron chi connectivity index (χ0n) is 13.8. The van der Waals surface area contributed by atoms with Gasteiger partial charge in [-0.05, 0) is 18.2 Å². The lowest BCUT2D eigenvalue weighted by atomic mass is 9.94. The van der Waals surface area contributed by atoms with Gasteiger partial charge >= 0.3 is 0 Å². The highest BCUT2D eigenvalue weighted by atomic mass is 15.3. The number of imidazole rings is 1. The second-order valence-electron chi connectivity index (χ2n) is 7.15. The second-order valence-corrected chi connectivity index (χ2v) is 7.15. The number of aromatic nitrogens is 4. The van der Waals surface area contributed by atoms with Crippen molar-refractivity contribution in [2.24, 2.45) is 0 Å². The Morgan fingerprint density at radius 1 is 1.00 bits per heavy atom. The summed E-state index contributed by atoms with van der Waals surface area (Å²) >= 11 is 0. The Morgan fingerprint density at radius 2 is 1.70 bits per heavy atom. The molecule has 0 aliphatic carbocycles. The first kappa shape index (κ1) is 14.2. The van der Waals surface area contributed by atoms with Gasteiger partial charge in [0.05, 0.1) is 17.1 Å². The molecule has 0 spiro atoms. The van der Waals surface area contributed by atoms with E-state index in [2.05, 4.69) is 64.5 Å². The molecule has 0 saturated carbocycles. The molecule has 1 saturated heterocycles. The van der Waals surface area contributed by atoms with Crippen LogP contribution in [0.3, 0.4) is 0 Å². The van der Waals surface area contributed by atoms with Gasteiger partial charge in [0.1, 0.15) is 5.82 Å². The van der Waals surface area contributed by atoms with Gasteiger partial charge in [-0.3, -0.25) is 0 Å². The van der Waals surface area contributed by atoms with Crippen molar-refractivity contribution in [3.8, 4) is 0 Å². The van der Waals surface area contributed by atoms with E-state index in [9.17, 15) is 0 Å². The standard InChI is InChI=1S/C18H21N5/c1-18(2,3)16-21-14-7-4-5-8-15(14)23(16)13-11-22(12-13)17-19-9-6-10-20-17/h4-10,13H,11-12H2,1-3H3. The Balaban J connectivity index is 1.70. The Hall–Kier alpha value is -2.43.